The lowest BCUT2D eigenvalue weighted by Crippen LogP contribution is -2.44. The zero-order valence-corrected chi connectivity index (χ0v) is 14.5. The van der Waals surface area contributed by atoms with Crippen LogP contribution in [0, 0.1) is 0 Å². The lowest BCUT2D eigenvalue weighted by Gasteiger charge is -2.34. The molecule has 0 unspecified atom stereocenters. The first-order chi connectivity index (χ1) is 9.86. The molecule has 2 rings (SSSR count). The molecule has 0 aliphatic carbocycles. The van der Waals surface area contributed by atoms with Crippen molar-refractivity contribution in [3.63, 3.8) is 0 Å². The molecule has 1 fully saturated rings. The smallest absolute Gasteiger partial charge is 0.243 e. The van der Waals surface area contributed by atoms with Gasteiger partial charge >= 0.3 is 0 Å². The van der Waals surface area contributed by atoms with Gasteiger partial charge in [-0.15, -0.1) is 11.6 Å². The Balaban J connectivity index is 2.17. The molecule has 1 aromatic carbocycles. The third-order valence-electron chi connectivity index (χ3n) is 3.96. The van der Waals surface area contributed by atoms with Crippen LogP contribution in [0.2, 0.25) is 5.02 Å². The van der Waals surface area contributed by atoms with Gasteiger partial charge in [0.1, 0.15) is 0 Å². The van der Waals surface area contributed by atoms with E-state index in [-0.39, 0.29) is 10.8 Å². The molecule has 0 bridgehead atoms. The number of nitrogens with zero attached hydrogens (tertiary/aromatic N) is 2. The van der Waals surface area contributed by atoms with Gasteiger partial charge in [-0.1, -0.05) is 17.7 Å². The monoisotopic (exact) mass is 350 g/mol. The Morgan fingerprint density at radius 2 is 1.90 bits per heavy atom. The van der Waals surface area contributed by atoms with E-state index in [4.69, 9.17) is 23.2 Å². The van der Waals surface area contributed by atoms with Gasteiger partial charge in [0.15, 0.2) is 0 Å². The first kappa shape index (κ1) is 17.0. The van der Waals surface area contributed by atoms with Gasteiger partial charge in [-0.3, -0.25) is 0 Å². The van der Waals surface area contributed by atoms with Gasteiger partial charge in [-0.2, -0.15) is 4.31 Å². The number of hydrogen-bond donors (Lipinski definition) is 0. The molecule has 1 aromatic rings. The number of sulfonamides is 1. The fourth-order valence-corrected chi connectivity index (χ4v) is 4.65. The molecule has 0 aromatic heterocycles. The van der Waals surface area contributed by atoms with Crippen LogP contribution in [-0.4, -0.2) is 50.8 Å². The lowest BCUT2D eigenvalue weighted by atomic mass is 10.1. The maximum atomic E-state index is 12.6. The molecule has 0 radical (unpaired) electrons. The Morgan fingerprint density at radius 3 is 2.38 bits per heavy atom. The first-order valence-electron chi connectivity index (χ1n) is 6.87. The van der Waals surface area contributed by atoms with Crippen LogP contribution in [0.15, 0.2) is 23.1 Å². The minimum absolute atomic E-state index is 0.240. The highest BCUT2D eigenvalue weighted by Gasteiger charge is 2.30. The Kier molecular flexibility index (Phi) is 5.54. The third kappa shape index (κ3) is 3.71. The second-order valence-electron chi connectivity index (χ2n) is 5.49. The average Bonchev–Trinajstić information content (AvgIpc) is 2.47. The summed E-state index contributed by atoms with van der Waals surface area (Å²) in [6.45, 7) is 1.08. The molecular formula is C14H20Cl2N2O2S. The summed E-state index contributed by atoms with van der Waals surface area (Å²) in [5, 5.41) is 0.397. The molecule has 1 heterocycles. The van der Waals surface area contributed by atoms with Gasteiger partial charge in [0.05, 0.1) is 4.90 Å². The van der Waals surface area contributed by atoms with Crippen molar-refractivity contribution in [1.82, 2.24) is 9.21 Å². The van der Waals surface area contributed by atoms with Crippen LogP contribution in [0.5, 0.6) is 0 Å². The third-order valence-corrected chi connectivity index (χ3v) is 6.49. The summed E-state index contributed by atoms with van der Waals surface area (Å²) >= 11 is 11.8. The van der Waals surface area contributed by atoms with Crippen LogP contribution >= 0.6 is 23.2 Å². The SMILES string of the molecule is CN(C)C1CCN(S(=O)(=O)c2ccc(CCl)c(Cl)c2)CC1. The van der Waals surface area contributed by atoms with Gasteiger partial charge < -0.3 is 4.90 Å². The second kappa shape index (κ2) is 6.84. The molecule has 0 amide bonds. The van der Waals surface area contributed by atoms with Crippen LogP contribution in [0.3, 0.4) is 0 Å². The van der Waals surface area contributed by atoms with E-state index in [1.54, 1.807) is 16.4 Å². The van der Waals surface area contributed by atoms with Gasteiger partial charge in [-0.05, 0) is 44.6 Å². The lowest BCUT2D eigenvalue weighted by molar-refractivity contribution is 0.196. The van der Waals surface area contributed by atoms with E-state index in [2.05, 4.69) is 4.90 Å². The molecule has 118 valence electrons. The standard InChI is InChI=1S/C14H20Cl2N2O2S/c1-17(2)12-5-7-18(8-6-12)21(19,20)13-4-3-11(10-15)14(16)9-13/h3-4,9,12H,5-8,10H2,1-2H3. The van der Waals surface area contributed by atoms with E-state index >= 15 is 0 Å². The zero-order valence-electron chi connectivity index (χ0n) is 12.2. The number of rotatable bonds is 4. The number of halogens is 2. The van der Waals surface area contributed by atoms with Crippen LogP contribution in [-0.2, 0) is 15.9 Å². The highest BCUT2D eigenvalue weighted by atomic mass is 35.5. The Hall–Kier alpha value is -0.330. The molecule has 1 aliphatic rings. The molecule has 7 heteroatoms. The predicted octanol–water partition coefficient (Wildman–Crippen LogP) is 2.79. The minimum Gasteiger partial charge on any atom is -0.306 e. The average molecular weight is 351 g/mol. The summed E-state index contributed by atoms with van der Waals surface area (Å²) in [4.78, 5) is 2.39. The first-order valence-corrected chi connectivity index (χ1v) is 9.22. The van der Waals surface area contributed by atoms with E-state index in [0.717, 1.165) is 18.4 Å². The predicted molar refractivity (Wildman–Crippen MR) is 86.5 cm³/mol. The summed E-state index contributed by atoms with van der Waals surface area (Å²) in [5.41, 5.74) is 0.739. The molecule has 0 spiro atoms. The van der Waals surface area contributed by atoms with Crippen LogP contribution in [0.1, 0.15) is 18.4 Å². The van der Waals surface area contributed by atoms with E-state index < -0.39 is 10.0 Å². The molecule has 0 N–H and O–H groups in total. The fraction of sp³-hybridized carbons (Fsp3) is 0.571. The van der Waals surface area contributed by atoms with Crippen LogP contribution < -0.4 is 0 Å². The van der Waals surface area contributed by atoms with E-state index in [1.165, 1.54) is 6.07 Å². The Labute approximate surface area is 136 Å². The van der Waals surface area contributed by atoms with Gasteiger partial charge in [0.2, 0.25) is 10.0 Å². The van der Waals surface area contributed by atoms with E-state index in [9.17, 15) is 8.42 Å². The summed E-state index contributed by atoms with van der Waals surface area (Å²) in [7, 11) is 0.583. The van der Waals surface area contributed by atoms with Crippen molar-refractivity contribution in [1.29, 1.82) is 0 Å². The maximum Gasteiger partial charge on any atom is 0.243 e. The number of piperidine rings is 1. The van der Waals surface area contributed by atoms with Gasteiger partial charge in [0, 0.05) is 30.0 Å². The molecular weight excluding hydrogens is 331 g/mol. The summed E-state index contributed by atoms with van der Waals surface area (Å²) in [6, 6.07) is 5.19. The normalized spacial score (nSPS) is 18.3. The highest BCUT2D eigenvalue weighted by molar-refractivity contribution is 7.89. The number of alkyl halides is 1. The van der Waals surface area contributed by atoms with Crippen molar-refractivity contribution in [2.45, 2.75) is 29.7 Å². The summed E-state index contributed by atoms with van der Waals surface area (Å²) < 4.78 is 26.8. The Morgan fingerprint density at radius 1 is 1.29 bits per heavy atom. The van der Waals surface area contributed by atoms with Crippen molar-refractivity contribution in [2.24, 2.45) is 0 Å². The van der Waals surface area contributed by atoms with Gasteiger partial charge in [-0.25, -0.2) is 8.42 Å². The molecule has 4 nitrogen and oxygen atoms in total. The summed E-state index contributed by atoms with van der Waals surface area (Å²) in [5.74, 6) is 0.271. The van der Waals surface area contributed by atoms with E-state index in [0.29, 0.717) is 24.2 Å². The molecule has 1 saturated heterocycles. The Bertz CT molecular complexity index is 597. The van der Waals surface area contributed by atoms with Crippen LogP contribution in [0.4, 0.5) is 0 Å². The van der Waals surface area contributed by atoms with E-state index in [1.807, 2.05) is 14.1 Å². The number of benzene rings is 1. The highest BCUT2D eigenvalue weighted by Crippen LogP contribution is 2.26. The number of hydrogen-bond acceptors (Lipinski definition) is 3. The maximum absolute atomic E-state index is 12.6. The van der Waals surface area contributed by atoms with Gasteiger partial charge in [0.25, 0.3) is 0 Å². The molecule has 21 heavy (non-hydrogen) atoms. The largest absolute Gasteiger partial charge is 0.306 e. The van der Waals surface area contributed by atoms with Crippen molar-refractivity contribution < 1.29 is 8.42 Å². The molecule has 1 aliphatic heterocycles. The quantitative estimate of drug-likeness (QED) is 0.784. The molecule has 0 atom stereocenters. The second-order valence-corrected chi connectivity index (χ2v) is 8.10. The minimum atomic E-state index is -3.47. The van der Waals surface area contributed by atoms with Crippen molar-refractivity contribution in [2.75, 3.05) is 27.2 Å². The van der Waals surface area contributed by atoms with Crippen molar-refractivity contribution in [3.05, 3.63) is 28.8 Å². The van der Waals surface area contributed by atoms with Crippen molar-refractivity contribution >= 4 is 33.2 Å². The molecule has 0 saturated carbocycles. The fourth-order valence-electron chi connectivity index (χ4n) is 2.54. The zero-order chi connectivity index (χ0) is 15.6. The van der Waals surface area contributed by atoms with Crippen LogP contribution in [0.25, 0.3) is 0 Å². The summed E-state index contributed by atoms with van der Waals surface area (Å²) in [6.07, 6.45) is 1.69. The van der Waals surface area contributed by atoms with Crippen molar-refractivity contribution in [3.8, 4) is 0 Å². The topological polar surface area (TPSA) is 40.6 Å².